The quantitative estimate of drug-likeness (QED) is 0.541. The van der Waals surface area contributed by atoms with E-state index in [-0.39, 0.29) is 12.3 Å². The maximum absolute atomic E-state index is 12.4. The molecular weight excluding hydrogens is 373 g/mol. The zero-order valence-electron chi connectivity index (χ0n) is 10.8. The first-order valence-corrected chi connectivity index (χ1v) is 7.82. The zero-order chi connectivity index (χ0) is 15.0. The summed E-state index contributed by atoms with van der Waals surface area (Å²) < 4.78 is 2.88. The van der Waals surface area contributed by atoms with Crippen LogP contribution in [0, 0.1) is 0 Å². The van der Waals surface area contributed by atoms with Gasteiger partial charge in [-0.25, -0.2) is 0 Å². The van der Waals surface area contributed by atoms with Crippen LogP contribution in [-0.4, -0.2) is 10.4 Å². The largest absolute Gasteiger partial charge is 0.340 e. The van der Waals surface area contributed by atoms with E-state index in [2.05, 4.69) is 15.9 Å². The molecule has 3 aromatic rings. The Hall–Kier alpha value is -1.29. The molecule has 1 aromatic heterocycles. The number of benzene rings is 2. The number of ketones is 1. The van der Waals surface area contributed by atoms with Crippen molar-refractivity contribution in [3.63, 3.8) is 0 Å². The molecule has 0 aliphatic rings. The summed E-state index contributed by atoms with van der Waals surface area (Å²) in [6.07, 6.45) is 1.90. The van der Waals surface area contributed by atoms with Crippen LogP contribution in [0.15, 0.2) is 53.1 Å². The molecule has 3 rings (SSSR count). The molecule has 0 saturated heterocycles. The maximum Gasteiger partial charge on any atom is 0.184 e. The van der Waals surface area contributed by atoms with Crippen molar-refractivity contribution in [2.75, 3.05) is 0 Å². The Morgan fingerprint density at radius 1 is 1.10 bits per heavy atom. The van der Waals surface area contributed by atoms with E-state index in [1.807, 2.05) is 35.0 Å². The highest BCUT2D eigenvalue weighted by Crippen LogP contribution is 2.24. The second kappa shape index (κ2) is 5.84. The van der Waals surface area contributed by atoms with Crippen LogP contribution in [0.25, 0.3) is 10.9 Å². The van der Waals surface area contributed by atoms with Crippen molar-refractivity contribution in [2.45, 2.75) is 6.54 Å². The first-order valence-electron chi connectivity index (χ1n) is 6.27. The van der Waals surface area contributed by atoms with E-state index in [1.54, 1.807) is 18.2 Å². The number of carbonyl (C=O) groups excluding carboxylic acids is 1. The monoisotopic (exact) mass is 381 g/mol. The molecule has 0 unspecified atom stereocenters. The van der Waals surface area contributed by atoms with Crippen molar-refractivity contribution in [1.29, 1.82) is 0 Å². The average Bonchev–Trinajstić information content (AvgIpc) is 2.84. The molecule has 1 heterocycles. The van der Waals surface area contributed by atoms with Crippen molar-refractivity contribution in [2.24, 2.45) is 0 Å². The topological polar surface area (TPSA) is 22.0 Å². The SMILES string of the molecule is O=C(Cn1ccc2ccc(Br)cc21)c1cc(Cl)ccc1Cl. The van der Waals surface area contributed by atoms with E-state index < -0.39 is 0 Å². The lowest BCUT2D eigenvalue weighted by Gasteiger charge is -2.07. The van der Waals surface area contributed by atoms with Gasteiger partial charge in [-0.05, 0) is 41.8 Å². The third-order valence-electron chi connectivity index (χ3n) is 3.28. The Kier molecular flexibility index (Phi) is 4.07. The Balaban J connectivity index is 1.96. The van der Waals surface area contributed by atoms with Crippen molar-refractivity contribution < 1.29 is 4.79 Å². The van der Waals surface area contributed by atoms with Gasteiger partial charge in [-0.2, -0.15) is 0 Å². The molecule has 0 aliphatic heterocycles. The molecule has 0 saturated carbocycles. The summed E-state index contributed by atoms with van der Waals surface area (Å²) in [5, 5.41) is 2.01. The predicted molar refractivity (Wildman–Crippen MR) is 90.4 cm³/mol. The van der Waals surface area contributed by atoms with Gasteiger partial charge in [-0.1, -0.05) is 45.2 Å². The summed E-state index contributed by atoms with van der Waals surface area (Å²) in [4.78, 5) is 12.4. The zero-order valence-corrected chi connectivity index (χ0v) is 13.9. The number of hydrogen-bond acceptors (Lipinski definition) is 1. The summed E-state index contributed by atoms with van der Waals surface area (Å²) in [6.45, 7) is 0.222. The number of halogens is 3. The standard InChI is InChI=1S/C16H10BrCl2NO/c17-11-2-1-10-5-6-20(15(10)7-11)9-16(21)13-8-12(18)3-4-14(13)19/h1-8H,9H2. The smallest absolute Gasteiger partial charge is 0.184 e. The van der Waals surface area contributed by atoms with Crippen LogP contribution in [0.3, 0.4) is 0 Å². The molecule has 2 nitrogen and oxygen atoms in total. The molecule has 106 valence electrons. The Morgan fingerprint density at radius 2 is 1.90 bits per heavy atom. The molecule has 5 heteroatoms. The molecule has 0 bridgehead atoms. The fourth-order valence-electron chi connectivity index (χ4n) is 2.25. The van der Waals surface area contributed by atoms with Crippen LogP contribution < -0.4 is 0 Å². The number of fused-ring (bicyclic) bond motifs is 1. The van der Waals surface area contributed by atoms with Gasteiger partial charge in [0.2, 0.25) is 0 Å². The summed E-state index contributed by atoms with van der Waals surface area (Å²) in [5.74, 6) is -0.0695. The number of carbonyl (C=O) groups is 1. The van der Waals surface area contributed by atoms with Gasteiger partial charge in [0.05, 0.1) is 11.6 Å². The van der Waals surface area contributed by atoms with Crippen LogP contribution >= 0.6 is 39.1 Å². The third-order valence-corrected chi connectivity index (χ3v) is 4.34. The lowest BCUT2D eigenvalue weighted by atomic mass is 10.1. The van der Waals surface area contributed by atoms with Crippen molar-refractivity contribution >= 4 is 55.8 Å². The van der Waals surface area contributed by atoms with Crippen molar-refractivity contribution in [3.05, 3.63) is 68.7 Å². The molecule has 2 aromatic carbocycles. The van der Waals surface area contributed by atoms with Crippen LogP contribution in [-0.2, 0) is 6.54 Å². The van der Waals surface area contributed by atoms with E-state index in [1.165, 1.54) is 0 Å². The summed E-state index contributed by atoms with van der Waals surface area (Å²) >= 11 is 15.5. The average molecular weight is 383 g/mol. The van der Waals surface area contributed by atoms with E-state index in [0.29, 0.717) is 15.6 Å². The van der Waals surface area contributed by atoms with Gasteiger partial charge in [0, 0.05) is 26.8 Å². The van der Waals surface area contributed by atoms with Crippen LogP contribution in [0.4, 0.5) is 0 Å². The summed E-state index contributed by atoms with van der Waals surface area (Å²) in [6, 6.07) is 12.9. The van der Waals surface area contributed by atoms with Gasteiger partial charge < -0.3 is 4.57 Å². The molecule has 0 N–H and O–H groups in total. The number of rotatable bonds is 3. The highest BCUT2D eigenvalue weighted by Gasteiger charge is 2.13. The van der Waals surface area contributed by atoms with Crippen LogP contribution in [0.2, 0.25) is 10.0 Å². The van der Waals surface area contributed by atoms with Crippen molar-refractivity contribution in [3.8, 4) is 0 Å². The minimum Gasteiger partial charge on any atom is -0.340 e. The van der Waals surface area contributed by atoms with Gasteiger partial charge in [0.15, 0.2) is 5.78 Å². The summed E-state index contributed by atoms with van der Waals surface area (Å²) in [7, 11) is 0. The van der Waals surface area contributed by atoms with Gasteiger partial charge >= 0.3 is 0 Å². The number of aromatic nitrogens is 1. The highest BCUT2D eigenvalue weighted by atomic mass is 79.9. The third kappa shape index (κ3) is 3.00. The first kappa shape index (κ1) is 14.6. The molecule has 0 atom stereocenters. The number of Topliss-reactive ketones (excluding diaryl/α,β-unsaturated/α-hetero) is 1. The number of nitrogens with zero attached hydrogens (tertiary/aromatic N) is 1. The van der Waals surface area contributed by atoms with Gasteiger partial charge in [-0.3, -0.25) is 4.79 Å². The first-order chi connectivity index (χ1) is 10.0. The number of hydrogen-bond donors (Lipinski definition) is 0. The minimum atomic E-state index is -0.0695. The minimum absolute atomic E-state index is 0.0695. The normalized spacial score (nSPS) is 11.0. The lowest BCUT2D eigenvalue weighted by Crippen LogP contribution is -2.10. The van der Waals surface area contributed by atoms with Crippen LogP contribution in [0.5, 0.6) is 0 Å². The van der Waals surface area contributed by atoms with Gasteiger partial charge in [0.1, 0.15) is 0 Å². The van der Waals surface area contributed by atoms with E-state index in [4.69, 9.17) is 23.2 Å². The van der Waals surface area contributed by atoms with E-state index in [9.17, 15) is 4.79 Å². The molecular formula is C16H10BrCl2NO. The van der Waals surface area contributed by atoms with E-state index >= 15 is 0 Å². The second-order valence-corrected chi connectivity index (χ2v) is 6.45. The molecule has 0 spiro atoms. The second-order valence-electron chi connectivity index (χ2n) is 4.69. The molecule has 21 heavy (non-hydrogen) atoms. The fourth-order valence-corrected chi connectivity index (χ4v) is 2.99. The Bertz CT molecular complexity index is 841. The van der Waals surface area contributed by atoms with Gasteiger partial charge in [0.25, 0.3) is 0 Å². The van der Waals surface area contributed by atoms with Gasteiger partial charge in [-0.15, -0.1) is 0 Å². The molecule has 0 aliphatic carbocycles. The highest BCUT2D eigenvalue weighted by molar-refractivity contribution is 9.10. The Labute approximate surface area is 140 Å². The fraction of sp³-hybridized carbons (Fsp3) is 0.0625. The summed E-state index contributed by atoms with van der Waals surface area (Å²) in [5.41, 5.74) is 1.44. The maximum atomic E-state index is 12.4. The van der Waals surface area contributed by atoms with Crippen molar-refractivity contribution in [1.82, 2.24) is 4.57 Å². The predicted octanol–water partition coefficient (Wildman–Crippen LogP) is 5.59. The lowest BCUT2D eigenvalue weighted by molar-refractivity contribution is 0.0974. The Morgan fingerprint density at radius 3 is 2.71 bits per heavy atom. The molecule has 0 amide bonds. The van der Waals surface area contributed by atoms with Crippen LogP contribution in [0.1, 0.15) is 10.4 Å². The molecule has 0 fully saturated rings. The molecule has 0 radical (unpaired) electrons. The van der Waals surface area contributed by atoms with E-state index in [0.717, 1.165) is 15.4 Å².